The van der Waals surface area contributed by atoms with Crippen LogP contribution in [0.3, 0.4) is 0 Å². The van der Waals surface area contributed by atoms with E-state index in [1.807, 2.05) is 73.8 Å². The first kappa shape index (κ1) is 16.8. The number of hydrogen-bond acceptors (Lipinski definition) is 3. The second-order valence-corrected chi connectivity index (χ2v) is 6.25. The summed E-state index contributed by atoms with van der Waals surface area (Å²) in [5.74, 6) is -0.117. The molecule has 2 heterocycles. The minimum absolute atomic E-state index is 0.117. The number of benzene rings is 2. The largest absolute Gasteiger partial charge is 0.345 e. The summed E-state index contributed by atoms with van der Waals surface area (Å²) >= 11 is 0. The molecule has 27 heavy (non-hydrogen) atoms. The predicted octanol–water partition coefficient (Wildman–Crippen LogP) is 3.75. The molecule has 0 fully saturated rings. The van der Waals surface area contributed by atoms with Gasteiger partial charge in [0.05, 0.1) is 17.4 Å². The average molecular weight is 357 g/mol. The molecule has 0 aliphatic heterocycles. The number of hydrogen-bond donors (Lipinski definition) is 2. The molecule has 1 amide bonds. The Bertz CT molecular complexity index is 1020. The lowest BCUT2D eigenvalue weighted by Gasteiger charge is -2.18. The van der Waals surface area contributed by atoms with Crippen molar-refractivity contribution in [3.63, 3.8) is 0 Å². The second-order valence-electron chi connectivity index (χ2n) is 6.25. The SMILES string of the molecule is C[C@H](NC(=O)c1ccc(-c2ccn[nH]2)cc1)c1ccccc1-n1cccn1. The molecule has 4 rings (SSSR count). The third-order valence-corrected chi connectivity index (χ3v) is 4.46. The third kappa shape index (κ3) is 3.50. The number of para-hydroxylation sites is 1. The number of carbonyl (C=O) groups is 1. The van der Waals surface area contributed by atoms with Crippen molar-refractivity contribution < 1.29 is 4.79 Å². The summed E-state index contributed by atoms with van der Waals surface area (Å²) in [7, 11) is 0. The molecule has 6 nitrogen and oxygen atoms in total. The molecule has 2 aromatic carbocycles. The van der Waals surface area contributed by atoms with E-state index in [0.717, 1.165) is 22.5 Å². The van der Waals surface area contributed by atoms with Gasteiger partial charge in [0.1, 0.15) is 0 Å². The summed E-state index contributed by atoms with van der Waals surface area (Å²) in [5, 5.41) is 14.2. The molecule has 134 valence electrons. The van der Waals surface area contributed by atoms with Gasteiger partial charge in [0.2, 0.25) is 0 Å². The number of rotatable bonds is 5. The fraction of sp³-hybridized carbons (Fsp3) is 0.0952. The van der Waals surface area contributed by atoms with E-state index in [1.54, 1.807) is 17.1 Å². The zero-order valence-corrected chi connectivity index (χ0v) is 14.8. The zero-order valence-electron chi connectivity index (χ0n) is 14.8. The van der Waals surface area contributed by atoms with Crippen molar-refractivity contribution in [3.8, 4) is 16.9 Å². The molecule has 1 atom stereocenters. The van der Waals surface area contributed by atoms with Crippen LogP contribution in [0.25, 0.3) is 16.9 Å². The fourth-order valence-corrected chi connectivity index (χ4v) is 3.05. The number of amides is 1. The Labute approximate surface area is 156 Å². The molecular formula is C21H19N5O. The van der Waals surface area contributed by atoms with Crippen LogP contribution in [0.15, 0.2) is 79.3 Å². The van der Waals surface area contributed by atoms with Crippen molar-refractivity contribution in [1.29, 1.82) is 0 Å². The number of nitrogens with one attached hydrogen (secondary N) is 2. The van der Waals surface area contributed by atoms with Gasteiger partial charge in [0, 0.05) is 24.2 Å². The van der Waals surface area contributed by atoms with Gasteiger partial charge < -0.3 is 5.32 Å². The molecule has 0 radical (unpaired) electrons. The molecule has 4 aromatic rings. The highest BCUT2D eigenvalue weighted by Gasteiger charge is 2.15. The number of aromatic amines is 1. The minimum Gasteiger partial charge on any atom is -0.345 e. The summed E-state index contributed by atoms with van der Waals surface area (Å²) in [6.07, 6.45) is 5.33. The first-order valence-corrected chi connectivity index (χ1v) is 8.72. The van der Waals surface area contributed by atoms with E-state index >= 15 is 0 Å². The Morgan fingerprint density at radius 3 is 2.56 bits per heavy atom. The first-order chi connectivity index (χ1) is 13.2. The number of nitrogens with zero attached hydrogens (tertiary/aromatic N) is 3. The molecule has 0 spiro atoms. The lowest BCUT2D eigenvalue weighted by Crippen LogP contribution is -2.27. The summed E-state index contributed by atoms with van der Waals surface area (Å²) < 4.78 is 1.80. The normalized spacial score (nSPS) is 11.9. The molecule has 2 N–H and O–H groups in total. The first-order valence-electron chi connectivity index (χ1n) is 8.72. The van der Waals surface area contributed by atoms with Gasteiger partial charge in [-0.05, 0) is 48.4 Å². The number of H-pyrrole nitrogens is 1. The molecule has 0 aliphatic carbocycles. The van der Waals surface area contributed by atoms with Gasteiger partial charge in [-0.2, -0.15) is 10.2 Å². The van der Waals surface area contributed by atoms with Crippen LogP contribution in [0, 0.1) is 0 Å². The standard InChI is InChI=1S/C21H19N5O/c1-15(18-5-2-3-6-20(18)26-14-4-12-23-26)24-21(27)17-9-7-16(8-10-17)19-11-13-22-25-19/h2-15H,1H3,(H,22,25)(H,24,27)/t15-/m0/s1. The molecule has 0 bridgehead atoms. The van der Waals surface area contributed by atoms with E-state index in [4.69, 9.17) is 0 Å². The van der Waals surface area contributed by atoms with Gasteiger partial charge in [-0.3, -0.25) is 9.89 Å². The van der Waals surface area contributed by atoms with E-state index in [0.29, 0.717) is 5.56 Å². The number of carbonyl (C=O) groups excluding carboxylic acids is 1. The lowest BCUT2D eigenvalue weighted by atomic mass is 10.0. The van der Waals surface area contributed by atoms with E-state index in [1.165, 1.54) is 0 Å². The molecule has 2 aromatic heterocycles. The molecule has 0 unspecified atom stereocenters. The van der Waals surface area contributed by atoms with Crippen molar-refractivity contribution in [1.82, 2.24) is 25.3 Å². The van der Waals surface area contributed by atoms with Gasteiger partial charge in [-0.15, -0.1) is 0 Å². The highest BCUT2D eigenvalue weighted by Crippen LogP contribution is 2.22. The van der Waals surface area contributed by atoms with Crippen molar-refractivity contribution in [2.75, 3.05) is 0 Å². The van der Waals surface area contributed by atoms with Crippen molar-refractivity contribution in [2.24, 2.45) is 0 Å². The Morgan fingerprint density at radius 1 is 1.04 bits per heavy atom. The summed E-state index contributed by atoms with van der Waals surface area (Å²) in [6, 6.07) is 19.0. The van der Waals surface area contributed by atoms with Crippen LogP contribution in [-0.4, -0.2) is 25.9 Å². The second kappa shape index (κ2) is 7.29. The molecule has 0 saturated heterocycles. The Kier molecular flexibility index (Phi) is 4.53. The summed E-state index contributed by atoms with van der Waals surface area (Å²) in [4.78, 5) is 12.7. The highest BCUT2D eigenvalue weighted by molar-refractivity contribution is 5.94. The topological polar surface area (TPSA) is 75.6 Å². The lowest BCUT2D eigenvalue weighted by molar-refractivity contribution is 0.0940. The molecule has 0 saturated carbocycles. The third-order valence-electron chi connectivity index (χ3n) is 4.46. The van der Waals surface area contributed by atoms with Gasteiger partial charge in [0.15, 0.2) is 0 Å². The smallest absolute Gasteiger partial charge is 0.251 e. The van der Waals surface area contributed by atoms with Crippen LogP contribution in [0.1, 0.15) is 28.9 Å². The van der Waals surface area contributed by atoms with E-state index in [-0.39, 0.29) is 11.9 Å². The molecular weight excluding hydrogens is 338 g/mol. The van der Waals surface area contributed by atoms with Crippen molar-refractivity contribution in [3.05, 3.63) is 90.4 Å². The molecule has 0 aliphatic rings. The van der Waals surface area contributed by atoms with Crippen molar-refractivity contribution in [2.45, 2.75) is 13.0 Å². The highest BCUT2D eigenvalue weighted by atomic mass is 16.1. The van der Waals surface area contributed by atoms with Gasteiger partial charge in [-0.25, -0.2) is 4.68 Å². The van der Waals surface area contributed by atoms with Gasteiger partial charge in [-0.1, -0.05) is 30.3 Å². The Balaban J connectivity index is 1.52. The van der Waals surface area contributed by atoms with Crippen LogP contribution < -0.4 is 5.32 Å². The number of aromatic nitrogens is 4. The van der Waals surface area contributed by atoms with Crippen LogP contribution in [0.4, 0.5) is 0 Å². The van der Waals surface area contributed by atoms with E-state index < -0.39 is 0 Å². The van der Waals surface area contributed by atoms with Gasteiger partial charge >= 0.3 is 0 Å². The van der Waals surface area contributed by atoms with E-state index in [9.17, 15) is 4.79 Å². The fourth-order valence-electron chi connectivity index (χ4n) is 3.05. The van der Waals surface area contributed by atoms with Crippen molar-refractivity contribution >= 4 is 5.91 Å². The van der Waals surface area contributed by atoms with Crippen LogP contribution >= 0.6 is 0 Å². The quantitative estimate of drug-likeness (QED) is 0.571. The molecule has 6 heteroatoms. The summed E-state index contributed by atoms with van der Waals surface area (Å²) in [6.45, 7) is 1.97. The minimum atomic E-state index is -0.162. The monoisotopic (exact) mass is 357 g/mol. The van der Waals surface area contributed by atoms with Gasteiger partial charge in [0.25, 0.3) is 5.91 Å². The maximum atomic E-state index is 12.7. The predicted molar refractivity (Wildman–Crippen MR) is 103 cm³/mol. The Hall–Kier alpha value is -3.67. The average Bonchev–Trinajstić information content (AvgIpc) is 3.42. The van der Waals surface area contributed by atoms with E-state index in [2.05, 4.69) is 20.6 Å². The Morgan fingerprint density at radius 2 is 1.85 bits per heavy atom. The summed E-state index contributed by atoms with van der Waals surface area (Å²) in [5.41, 5.74) is 4.47. The maximum absolute atomic E-state index is 12.7. The van der Waals surface area contributed by atoms with Crippen LogP contribution in [-0.2, 0) is 0 Å². The maximum Gasteiger partial charge on any atom is 0.251 e. The van der Waals surface area contributed by atoms with Crippen LogP contribution in [0.5, 0.6) is 0 Å². The zero-order chi connectivity index (χ0) is 18.6. The van der Waals surface area contributed by atoms with Crippen LogP contribution in [0.2, 0.25) is 0 Å².